The molecule has 0 radical (unpaired) electrons. The van der Waals surface area contributed by atoms with Gasteiger partial charge in [0.1, 0.15) is 5.75 Å². The summed E-state index contributed by atoms with van der Waals surface area (Å²) in [6.45, 7) is 2.07. The fourth-order valence-electron chi connectivity index (χ4n) is 2.16. The van der Waals surface area contributed by atoms with Crippen LogP contribution in [0.5, 0.6) is 5.75 Å². The van der Waals surface area contributed by atoms with Crippen molar-refractivity contribution in [3.8, 4) is 5.75 Å². The molecule has 0 heterocycles. The fraction of sp³-hybridized carbons (Fsp3) is 0.250. The van der Waals surface area contributed by atoms with Crippen molar-refractivity contribution in [2.75, 3.05) is 7.11 Å². The first-order valence-corrected chi connectivity index (χ1v) is 7.81. The van der Waals surface area contributed by atoms with Gasteiger partial charge in [-0.2, -0.15) is 0 Å². The molecular weight excluding hydrogens is 385 g/mol. The molecule has 1 unspecified atom stereocenters. The Balaban J connectivity index is 2.24. The number of hydrogen-bond donors (Lipinski definition) is 1. The van der Waals surface area contributed by atoms with Gasteiger partial charge in [0.25, 0.3) is 0 Å². The van der Waals surface area contributed by atoms with E-state index in [2.05, 4.69) is 35.6 Å². The number of aryl methyl sites for hydroxylation is 1. The van der Waals surface area contributed by atoms with E-state index in [-0.39, 0.29) is 6.04 Å². The SMILES string of the molecule is COc1ccc(C)cc1CC(N)c1ccc(I)c(Cl)c1. The van der Waals surface area contributed by atoms with Crippen molar-refractivity contribution < 1.29 is 4.74 Å². The molecule has 0 saturated heterocycles. The van der Waals surface area contributed by atoms with Gasteiger partial charge >= 0.3 is 0 Å². The molecule has 0 fully saturated rings. The second-order valence-corrected chi connectivity index (χ2v) is 6.37. The fourth-order valence-corrected chi connectivity index (χ4v) is 2.69. The minimum atomic E-state index is -0.0970. The topological polar surface area (TPSA) is 35.2 Å². The predicted octanol–water partition coefficient (Wildman–Crippen LogP) is 4.50. The molecule has 2 nitrogen and oxygen atoms in total. The van der Waals surface area contributed by atoms with Crippen LogP contribution in [-0.2, 0) is 6.42 Å². The van der Waals surface area contributed by atoms with E-state index in [9.17, 15) is 0 Å². The Bertz CT molecular complexity index is 615. The smallest absolute Gasteiger partial charge is 0.122 e. The van der Waals surface area contributed by atoms with Crippen LogP contribution in [0.25, 0.3) is 0 Å². The lowest BCUT2D eigenvalue weighted by molar-refractivity contribution is 0.408. The second-order valence-electron chi connectivity index (χ2n) is 4.80. The van der Waals surface area contributed by atoms with Crippen molar-refractivity contribution in [2.45, 2.75) is 19.4 Å². The molecule has 0 spiro atoms. The summed E-state index contributed by atoms with van der Waals surface area (Å²) in [7, 11) is 1.68. The molecule has 2 rings (SSSR count). The van der Waals surface area contributed by atoms with Crippen LogP contribution in [0.15, 0.2) is 36.4 Å². The van der Waals surface area contributed by atoms with Gasteiger partial charge in [-0.3, -0.25) is 0 Å². The van der Waals surface area contributed by atoms with E-state index in [0.717, 1.165) is 31.9 Å². The van der Waals surface area contributed by atoms with Crippen LogP contribution in [0.4, 0.5) is 0 Å². The lowest BCUT2D eigenvalue weighted by Gasteiger charge is -2.16. The average Bonchev–Trinajstić information content (AvgIpc) is 2.42. The highest BCUT2D eigenvalue weighted by Gasteiger charge is 2.12. The largest absolute Gasteiger partial charge is 0.496 e. The highest BCUT2D eigenvalue weighted by molar-refractivity contribution is 14.1. The maximum atomic E-state index is 6.30. The zero-order chi connectivity index (χ0) is 14.7. The molecule has 2 N–H and O–H groups in total. The van der Waals surface area contributed by atoms with Crippen molar-refractivity contribution in [1.29, 1.82) is 0 Å². The summed E-state index contributed by atoms with van der Waals surface area (Å²) in [4.78, 5) is 0. The highest BCUT2D eigenvalue weighted by atomic mass is 127. The second kappa shape index (κ2) is 6.78. The summed E-state index contributed by atoms with van der Waals surface area (Å²) in [5.41, 5.74) is 9.67. The van der Waals surface area contributed by atoms with Gasteiger partial charge in [-0.05, 0) is 65.3 Å². The summed E-state index contributed by atoms with van der Waals surface area (Å²) >= 11 is 8.37. The number of benzene rings is 2. The summed E-state index contributed by atoms with van der Waals surface area (Å²) in [6.07, 6.45) is 0.724. The molecule has 0 aliphatic rings. The molecule has 2 aromatic rings. The predicted molar refractivity (Wildman–Crippen MR) is 92.5 cm³/mol. The third-order valence-electron chi connectivity index (χ3n) is 3.25. The van der Waals surface area contributed by atoms with Gasteiger partial charge in [0.2, 0.25) is 0 Å². The minimum Gasteiger partial charge on any atom is -0.496 e. The number of nitrogens with two attached hydrogens (primary N) is 1. The summed E-state index contributed by atoms with van der Waals surface area (Å²) in [6, 6.07) is 12.0. The van der Waals surface area contributed by atoms with Crippen LogP contribution in [0.1, 0.15) is 22.7 Å². The van der Waals surface area contributed by atoms with Crippen LogP contribution >= 0.6 is 34.2 Å². The van der Waals surface area contributed by atoms with Crippen LogP contribution in [0.3, 0.4) is 0 Å². The Morgan fingerprint density at radius 3 is 2.65 bits per heavy atom. The Morgan fingerprint density at radius 2 is 2.00 bits per heavy atom. The van der Waals surface area contributed by atoms with E-state index >= 15 is 0 Å². The summed E-state index contributed by atoms with van der Waals surface area (Å²) < 4.78 is 6.43. The van der Waals surface area contributed by atoms with Gasteiger partial charge in [0.05, 0.1) is 12.1 Å². The lowest BCUT2D eigenvalue weighted by Crippen LogP contribution is -2.14. The van der Waals surface area contributed by atoms with E-state index in [1.54, 1.807) is 7.11 Å². The van der Waals surface area contributed by atoms with Gasteiger partial charge in [-0.15, -0.1) is 0 Å². The molecule has 4 heteroatoms. The number of rotatable bonds is 4. The highest BCUT2D eigenvalue weighted by Crippen LogP contribution is 2.27. The number of halogens is 2. The Morgan fingerprint density at radius 1 is 1.25 bits per heavy atom. The van der Waals surface area contributed by atoms with E-state index in [1.807, 2.05) is 30.3 Å². The molecular formula is C16H17ClINO. The molecule has 20 heavy (non-hydrogen) atoms. The van der Waals surface area contributed by atoms with Crippen molar-refractivity contribution in [3.63, 3.8) is 0 Å². The van der Waals surface area contributed by atoms with Crippen molar-refractivity contribution >= 4 is 34.2 Å². The van der Waals surface area contributed by atoms with Crippen molar-refractivity contribution in [2.24, 2.45) is 5.73 Å². The first-order valence-electron chi connectivity index (χ1n) is 6.35. The van der Waals surface area contributed by atoms with Crippen LogP contribution in [-0.4, -0.2) is 7.11 Å². The number of hydrogen-bond acceptors (Lipinski definition) is 2. The minimum absolute atomic E-state index is 0.0970. The van der Waals surface area contributed by atoms with Gasteiger partial charge in [0, 0.05) is 9.61 Å². The average molecular weight is 402 g/mol. The Kier molecular flexibility index (Phi) is 5.29. The van der Waals surface area contributed by atoms with Gasteiger partial charge in [-0.25, -0.2) is 0 Å². The lowest BCUT2D eigenvalue weighted by atomic mass is 9.98. The Hall–Kier alpha value is -0.780. The molecule has 0 amide bonds. The van der Waals surface area contributed by atoms with E-state index in [0.29, 0.717) is 0 Å². The summed E-state index contributed by atoms with van der Waals surface area (Å²) in [5.74, 6) is 0.877. The molecule has 1 atom stereocenters. The first-order chi connectivity index (χ1) is 9.51. The standard InChI is InChI=1S/C16H17ClINO/c1-10-3-6-16(20-2)12(7-10)9-15(19)11-4-5-14(18)13(17)8-11/h3-8,15H,9,19H2,1-2H3. The molecule has 0 aromatic heterocycles. The van der Waals surface area contributed by atoms with Crippen LogP contribution in [0, 0.1) is 10.5 Å². The first kappa shape index (κ1) is 15.6. The van der Waals surface area contributed by atoms with Gasteiger partial charge in [-0.1, -0.05) is 35.4 Å². The van der Waals surface area contributed by atoms with E-state index < -0.39 is 0 Å². The molecule has 0 aliphatic carbocycles. The van der Waals surface area contributed by atoms with Crippen molar-refractivity contribution in [3.05, 3.63) is 61.7 Å². The molecule has 0 bridgehead atoms. The van der Waals surface area contributed by atoms with Crippen LogP contribution in [0.2, 0.25) is 5.02 Å². The third kappa shape index (κ3) is 3.65. The Labute approximate surface area is 138 Å². The monoisotopic (exact) mass is 401 g/mol. The molecule has 0 aliphatic heterocycles. The van der Waals surface area contributed by atoms with Crippen molar-refractivity contribution in [1.82, 2.24) is 0 Å². The molecule has 0 saturated carbocycles. The van der Waals surface area contributed by atoms with E-state index in [4.69, 9.17) is 22.1 Å². The maximum absolute atomic E-state index is 6.30. The van der Waals surface area contributed by atoms with Crippen LogP contribution < -0.4 is 10.5 Å². The molecule has 106 valence electrons. The zero-order valence-corrected chi connectivity index (χ0v) is 14.4. The maximum Gasteiger partial charge on any atom is 0.122 e. The quantitative estimate of drug-likeness (QED) is 0.765. The normalized spacial score (nSPS) is 12.2. The zero-order valence-electron chi connectivity index (χ0n) is 11.5. The summed E-state index contributed by atoms with van der Waals surface area (Å²) in [5, 5.41) is 0.745. The number of ether oxygens (including phenoxy) is 1. The van der Waals surface area contributed by atoms with Gasteiger partial charge < -0.3 is 10.5 Å². The van der Waals surface area contributed by atoms with E-state index in [1.165, 1.54) is 5.56 Å². The number of methoxy groups -OCH3 is 1. The third-order valence-corrected chi connectivity index (χ3v) is 4.82. The van der Waals surface area contributed by atoms with Gasteiger partial charge in [0.15, 0.2) is 0 Å². The molecule has 2 aromatic carbocycles.